The number of aryl methyl sites for hydroxylation is 4. The summed E-state index contributed by atoms with van der Waals surface area (Å²) < 4.78 is 1.65. The average Bonchev–Trinajstić information content (AvgIpc) is 3.70. The van der Waals surface area contributed by atoms with Crippen LogP contribution in [0.25, 0.3) is 16.9 Å². The van der Waals surface area contributed by atoms with Gasteiger partial charge in [0.2, 0.25) is 11.4 Å². The lowest BCUT2D eigenvalue weighted by molar-refractivity contribution is -0.344. The third kappa shape index (κ3) is 25.5. The Balaban J connectivity index is 1.56. The molecule has 0 aromatic heterocycles. The van der Waals surface area contributed by atoms with Crippen LogP contribution in [0.1, 0.15) is 350 Å². The van der Waals surface area contributed by atoms with Gasteiger partial charge in [0.05, 0.1) is 0 Å². The molecule has 0 amide bonds. The maximum Gasteiger partial charge on any atom is 0.210 e. The van der Waals surface area contributed by atoms with E-state index in [4.69, 9.17) is 0 Å². The molecule has 0 radical (unpaired) electrons. The first-order valence-electron chi connectivity index (χ1n) is 32.2. The van der Waals surface area contributed by atoms with Crippen molar-refractivity contribution in [1.29, 1.82) is 0 Å². The molecule has 0 spiro atoms. The summed E-state index contributed by atoms with van der Waals surface area (Å²) in [5, 5.41) is 0. The van der Waals surface area contributed by atoms with Crippen molar-refractivity contribution < 1.29 is 4.70 Å². The molecule has 1 aliphatic rings. The molecule has 0 unspecified atom stereocenters. The van der Waals surface area contributed by atoms with Crippen LogP contribution in [0.2, 0.25) is 0 Å². The standard InChI is InChI=1S/C69H118N2/c1-8-15-19-20-21-22-23-24-25-26-27-28-29-30-31-32-33-34-35-36-37-38-39-40-41-42-46-52-63-58-68(64-54-59(47-12-5)66(49-14-7)60(55-64)48-13-6)71(70)69(63)65-56-61(50-43-16-9-2)67(53-45-18-11-4)62(57-65)51-44-17-10-3/h54-58H,8-53H2,1-7H3. The van der Waals surface area contributed by atoms with Crippen molar-refractivity contribution in [3.63, 3.8) is 0 Å². The molecule has 1 heterocycles. The Morgan fingerprint density at radius 1 is 0.282 bits per heavy atom. The highest BCUT2D eigenvalue weighted by Gasteiger charge is 2.31. The molecule has 0 N–H and O–H groups in total. The van der Waals surface area contributed by atoms with Crippen LogP contribution in [0.3, 0.4) is 0 Å². The van der Waals surface area contributed by atoms with Gasteiger partial charge in [0.1, 0.15) is 0 Å². The number of allylic oxidation sites excluding steroid dienone is 2. The third-order valence-corrected chi connectivity index (χ3v) is 16.2. The maximum absolute atomic E-state index is 12.6. The van der Waals surface area contributed by atoms with Crippen LogP contribution in [0.4, 0.5) is 0 Å². The monoisotopic (exact) mass is 975 g/mol. The maximum atomic E-state index is 12.6. The molecule has 2 aromatic rings. The number of hydrogen-bond donors (Lipinski definition) is 0. The largest absolute Gasteiger partial charge is 0.493 e. The molecule has 0 saturated heterocycles. The number of unbranched alkanes of at least 4 members (excludes halogenated alkanes) is 32. The Bertz CT molecular complexity index is 1660. The van der Waals surface area contributed by atoms with E-state index in [0.717, 1.165) is 62.8 Å². The summed E-state index contributed by atoms with van der Waals surface area (Å²) in [6, 6.07) is 9.97. The summed E-state index contributed by atoms with van der Waals surface area (Å²) >= 11 is 0. The van der Waals surface area contributed by atoms with Crippen LogP contribution >= 0.6 is 0 Å². The number of benzene rings is 2. The topological polar surface area (TPSA) is 25.3 Å². The minimum Gasteiger partial charge on any atom is -0.493 e. The Labute approximate surface area is 443 Å². The van der Waals surface area contributed by atoms with Crippen molar-refractivity contribution in [2.24, 2.45) is 0 Å². The summed E-state index contributed by atoms with van der Waals surface area (Å²) in [5.74, 6) is 0. The van der Waals surface area contributed by atoms with Crippen molar-refractivity contribution in [2.45, 2.75) is 344 Å². The summed E-state index contributed by atoms with van der Waals surface area (Å²) in [5.41, 5.74) is 27.8. The zero-order valence-electron chi connectivity index (χ0n) is 48.8. The second kappa shape index (κ2) is 41.8. The van der Waals surface area contributed by atoms with Gasteiger partial charge in [-0.15, -0.1) is 0 Å². The highest BCUT2D eigenvalue weighted by Crippen LogP contribution is 2.41. The van der Waals surface area contributed by atoms with Gasteiger partial charge < -0.3 is 5.53 Å². The van der Waals surface area contributed by atoms with Gasteiger partial charge in [-0.1, -0.05) is 273 Å². The Morgan fingerprint density at radius 3 is 0.930 bits per heavy atom. The number of nitrogens with zero attached hydrogens (tertiary/aromatic N) is 2. The molecular formula is C69H118N2. The van der Waals surface area contributed by atoms with Gasteiger partial charge in [0.15, 0.2) is 0 Å². The number of rotatable bonds is 48. The fourth-order valence-electron chi connectivity index (χ4n) is 11.9. The Morgan fingerprint density at radius 2 is 0.563 bits per heavy atom. The molecule has 2 aromatic carbocycles. The van der Waals surface area contributed by atoms with E-state index in [1.807, 2.05) is 0 Å². The van der Waals surface area contributed by atoms with Crippen LogP contribution in [0, 0.1) is 0 Å². The van der Waals surface area contributed by atoms with Crippen LogP contribution in [-0.2, 0) is 38.5 Å². The minimum absolute atomic E-state index is 0.991. The van der Waals surface area contributed by atoms with E-state index in [1.54, 1.807) is 27.0 Å². The van der Waals surface area contributed by atoms with Crippen LogP contribution in [-0.4, -0.2) is 4.70 Å². The quantitative estimate of drug-likeness (QED) is 0.0466. The fourth-order valence-corrected chi connectivity index (χ4v) is 11.9. The van der Waals surface area contributed by atoms with E-state index in [9.17, 15) is 5.53 Å². The molecular weight excluding hydrogens is 857 g/mol. The summed E-state index contributed by atoms with van der Waals surface area (Å²) in [7, 11) is 0. The molecule has 0 atom stereocenters. The molecule has 71 heavy (non-hydrogen) atoms. The smallest absolute Gasteiger partial charge is 0.210 e. The van der Waals surface area contributed by atoms with Crippen molar-refractivity contribution in [3.05, 3.63) is 86.0 Å². The summed E-state index contributed by atoms with van der Waals surface area (Å²) in [6.07, 6.45) is 63.7. The normalized spacial score (nSPS) is 12.8. The van der Waals surface area contributed by atoms with Gasteiger partial charge >= 0.3 is 0 Å². The van der Waals surface area contributed by atoms with Crippen LogP contribution in [0.15, 0.2) is 35.9 Å². The molecule has 2 heteroatoms. The highest BCUT2D eigenvalue weighted by molar-refractivity contribution is 5.79. The molecule has 1 aliphatic heterocycles. The molecule has 0 fully saturated rings. The minimum atomic E-state index is 0.991. The first-order chi connectivity index (χ1) is 35.0. The second-order valence-corrected chi connectivity index (χ2v) is 22.8. The lowest BCUT2D eigenvalue weighted by Gasteiger charge is -2.20. The molecule has 0 saturated carbocycles. The summed E-state index contributed by atoms with van der Waals surface area (Å²) in [4.78, 5) is 0. The lowest BCUT2D eigenvalue weighted by atomic mass is 9.87. The average molecular weight is 976 g/mol. The molecule has 404 valence electrons. The Hall–Kier alpha value is -2.48. The fraction of sp³-hybridized carbons (Fsp3) is 0.768. The zero-order chi connectivity index (χ0) is 51.0. The van der Waals surface area contributed by atoms with E-state index in [0.29, 0.717) is 0 Å². The van der Waals surface area contributed by atoms with Gasteiger partial charge in [-0.2, -0.15) is 0 Å². The zero-order valence-corrected chi connectivity index (χ0v) is 48.8. The molecule has 0 bridgehead atoms. The van der Waals surface area contributed by atoms with Crippen molar-refractivity contribution >= 4 is 11.4 Å². The van der Waals surface area contributed by atoms with E-state index in [1.165, 1.54) is 272 Å². The van der Waals surface area contributed by atoms with Crippen LogP contribution in [0.5, 0.6) is 0 Å². The predicted octanol–water partition coefficient (Wildman–Crippen LogP) is 23.5. The van der Waals surface area contributed by atoms with Crippen LogP contribution < -0.4 is 0 Å². The SMILES string of the molecule is CCCCCCCCCCCCCCCCCCCCCCCCCCCCCC1=C(c2cc(CCCCC)c(CCCCC)c(CCCCC)c2)[N+](=[N-])C(c2cc(CCC)c(CCC)c(CCC)c2)=C1. The van der Waals surface area contributed by atoms with Gasteiger partial charge in [-0.25, -0.2) is 4.70 Å². The van der Waals surface area contributed by atoms with Gasteiger partial charge in [-0.05, 0) is 128 Å². The van der Waals surface area contributed by atoms with Gasteiger partial charge in [0, 0.05) is 22.8 Å². The lowest BCUT2D eigenvalue weighted by Crippen LogP contribution is -2.09. The molecule has 2 nitrogen and oxygen atoms in total. The Kier molecular flexibility index (Phi) is 37.0. The van der Waals surface area contributed by atoms with Crippen molar-refractivity contribution in [2.75, 3.05) is 0 Å². The van der Waals surface area contributed by atoms with Crippen molar-refractivity contribution in [1.82, 2.24) is 0 Å². The first kappa shape index (κ1) is 62.8. The predicted molar refractivity (Wildman–Crippen MR) is 318 cm³/mol. The second-order valence-electron chi connectivity index (χ2n) is 22.8. The van der Waals surface area contributed by atoms with E-state index in [-0.39, 0.29) is 0 Å². The molecule has 3 rings (SSSR count). The molecule has 0 aliphatic carbocycles. The van der Waals surface area contributed by atoms with Gasteiger partial charge in [0.25, 0.3) is 0 Å². The summed E-state index contributed by atoms with van der Waals surface area (Å²) in [6.45, 7) is 16.3. The first-order valence-corrected chi connectivity index (χ1v) is 32.2. The van der Waals surface area contributed by atoms with Gasteiger partial charge in [-0.3, -0.25) is 0 Å². The van der Waals surface area contributed by atoms with E-state index >= 15 is 0 Å². The highest BCUT2D eigenvalue weighted by atomic mass is 15.2. The van der Waals surface area contributed by atoms with E-state index in [2.05, 4.69) is 78.8 Å². The number of hydrogen-bond acceptors (Lipinski definition) is 0. The van der Waals surface area contributed by atoms with E-state index < -0.39 is 0 Å². The third-order valence-electron chi connectivity index (χ3n) is 16.2. The van der Waals surface area contributed by atoms with Crippen molar-refractivity contribution in [3.8, 4) is 0 Å².